The molecule has 2 N–H and O–H groups in total. The van der Waals surface area contributed by atoms with E-state index in [4.69, 9.17) is 9.26 Å². The molecule has 13 nitrogen and oxygen atoms in total. The topological polar surface area (TPSA) is 166 Å². The van der Waals surface area contributed by atoms with Gasteiger partial charge in [-0.1, -0.05) is 55.6 Å². The average molecular weight is 632 g/mol. The number of non-ortho nitro benzene ring substituents is 1. The molecule has 1 aliphatic rings. The van der Waals surface area contributed by atoms with Crippen molar-refractivity contribution in [2.45, 2.75) is 69.0 Å². The largest absolute Gasteiger partial charge is 0.480 e. The fourth-order valence-corrected chi connectivity index (χ4v) is 6.91. The molecule has 15 heteroatoms. The Balaban J connectivity index is 1.71. The van der Waals surface area contributed by atoms with Crippen molar-refractivity contribution < 1.29 is 32.5 Å². The maximum Gasteiger partial charge on any atom is 0.326 e. The molecular weight excluding hydrogens is 594 g/mol. The number of nitro benzene ring substituents is 1. The fraction of sp³-hybridized carbons (Fsp3) is 0.429. The third kappa shape index (κ3) is 7.03. The number of aliphatic carboxylic acids is 1. The standard InChI is InChI=1S/C28H37N5O8SSi/c1-28(2,3)43(4,5)41-16-15-31-26-23(17-30-31)24(18-29-25(26)27(34)35)33(40-19-20-9-7-6-8-10-20)42(38,39)22-13-11-21(12-14-22)32(36)37/h6-14,17,24-25,29H,15-16,18-19H2,1-5H3,(H,34,35). The summed E-state index contributed by atoms with van der Waals surface area (Å²) in [5.41, 5.74) is 1.12. The molecule has 0 bridgehead atoms. The molecule has 2 aromatic carbocycles. The van der Waals surface area contributed by atoms with Crippen LogP contribution in [-0.4, -0.2) is 60.1 Å². The maximum atomic E-state index is 14.0. The van der Waals surface area contributed by atoms with Gasteiger partial charge in [0.15, 0.2) is 8.32 Å². The van der Waals surface area contributed by atoms with E-state index in [0.717, 1.165) is 28.7 Å². The Bertz CT molecular complexity index is 1560. The summed E-state index contributed by atoms with van der Waals surface area (Å²) < 4.78 is 36.6. The van der Waals surface area contributed by atoms with Gasteiger partial charge in [0.05, 0.1) is 47.5 Å². The summed E-state index contributed by atoms with van der Waals surface area (Å²) in [6.45, 7) is 11.0. The van der Waals surface area contributed by atoms with Crippen LogP contribution < -0.4 is 5.32 Å². The highest BCUT2D eigenvalue weighted by Crippen LogP contribution is 2.38. The molecule has 0 amide bonds. The van der Waals surface area contributed by atoms with Gasteiger partial charge in [0, 0.05) is 24.2 Å². The van der Waals surface area contributed by atoms with Crippen molar-refractivity contribution >= 4 is 30.0 Å². The molecule has 0 spiro atoms. The number of hydrogen-bond donors (Lipinski definition) is 2. The highest BCUT2D eigenvalue weighted by atomic mass is 32.2. The number of carboxylic acids is 1. The summed E-state index contributed by atoms with van der Waals surface area (Å²) in [4.78, 5) is 28.6. The molecule has 1 aromatic heterocycles. The van der Waals surface area contributed by atoms with Crippen molar-refractivity contribution in [2.24, 2.45) is 0 Å². The predicted molar refractivity (Wildman–Crippen MR) is 160 cm³/mol. The second-order valence-electron chi connectivity index (χ2n) is 11.8. The Morgan fingerprint density at radius 2 is 1.84 bits per heavy atom. The Morgan fingerprint density at radius 3 is 2.42 bits per heavy atom. The van der Waals surface area contributed by atoms with Crippen molar-refractivity contribution in [3.63, 3.8) is 0 Å². The van der Waals surface area contributed by atoms with Gasteiger partial charge < -0.3 is 9.53 Å². The van der Waals surface area contributed by atoms with Gasteiger partial charge >= 0.3 is 5.97 Å². The molecule has 2 unspecified atom stereocenters. The minimum atomic E-state index is -4.39. The first kappa shape index (κ1) is 32.4. The van der Waals surface area contributed by atoms with E-state index in [-0.39, 0.29) is 35.3 Å². The second kappa shape index (κ2) is 12.6. The normalized spacial score (nSPS) is 17.5. The molecule has 1 aliphatic heterocycles. The van der Waals surface area contributed by atoms with Crippen LogP contribution in [0.25, 0.3) is 0 Å². The molecule has 0 radical (unpaired) electrons. The van der Waals surface area contributed by atoms with Gasteiger partial charge in [0.2, 0.25) is 0 Å². The fourth-order valence-electron chi connectivity index (χ4n) is 4.48. The molecule has 0 saturated carbocycles. The van der Waals surface area contributed by atoms with E-state index in [1.807, 2.05) is 6.07 Å². The Morgan fingerprint density at radius 1 is 1.19 bits per heavy atom. The van der Waals surface area contributed by atoms with Crippen LogP contribution in [0.4, 0.5) is 5.69 Å². The van der Waals surface area contributed by atoms with Gasteiger partial charge in [-0.2, -0.15) is 5.10 Å². The van der Waals surface area contributed by atoms with Crippen LogP contribution in [0.1, 0.15) is 49.7 Å². The Kier molecular flexibility index (Phi) is 9.53. The molecule has 0 saturated heterocycles. The second-order valence-corrected chi connectivity index (χ2v) is 18.4. The molecule has 43 heavy (non-hydrogen) atoms. The van der Waals surface area contributed by atoms with Crippen LogP contribution in [0, 0.1) is 10.1 Å². The zero-order chi connectivity index (χ0) is 31.6. The molecule has 2 atom stereocenters. The molecular formula is C28H37N5O8SSi. The number of carbonyl (C=O) groups is 1. The highest BCUT2D eigenvalue weighted by molar-refractivity contribution is 7.89. The first-order valence-corrected chi connectivity index (χ1v) is 18.1. The van der Waals surface area contributed by atoms with Gasteiger partial charge in [-0.15, -0.1) is 0 Å². The van der Waals surface area contributed by atoms with E-state index >= 15 is 0 Å². The van der Waals surface area contributed by atoms with Gasteiger partial charge in [-0.25, -0.2) is 8.42 Å². The lowest BCUT2D eigenvalue weighted by molar-refractivity contribution is -0.384. The number of sulfonamides is 1. The smallest absolute Gasteiger partial charge is 0.326 e. The zero-order valence-corrected chi connectivity index (χ0v) is 26.6. The van der Waals surface area contributed by atoms with E-state index in [1.165, 1.54) is 10.9 Å². The lowest BCUT2D eigenvalue weighted by Gasteiger charge is -2.36. The molecule has 3 aromatic rings. The van der Waals surface area contributed by atoms with Crippen LogP contribution in [0.2, 0.25) is 18.1 Å². The zero-order valence-electron chi connectivity index (χ0n) is 24.8. The van der Waals surface area contributed by atoms with Crippen molar-refractivity contribution in [3.8, 4) is 0 Å². The van der Waals surface area contributed by atoms with Crippen LogP contribution in [-0.2, 0) is 37.2 Å². The Hall–Kier alpha value is -3.47. The first-order chi connectivity index (χ1) is 20.1. The van der Waals surface area contributed by atoms with Crippen LogP contribution in [0.5, 0.6) is 0 Å². The number of carboxylic acid groups (broad SMARTS) is 1. The van der Waals surface area contributed by atoms with Crippen molar-refractivity contribution in [1.29, 1.82) is 0 Å². The molecule has 0 fully saturated rings. The van der Waals surface area contributed by atoms with Crippen LogP contribution in [0.3, 0.4) is 0 Å². The lowest BCUT2D eigenvalue weighted by atomic mass is 9.98. The number of hydroxylamine groups is 1. The van der Waals surface area contributed by atoms with Crippen molar-refractivity contribution in [3.05, 3.63) is 87.7 Å². The van der Waals surface area contributed by atoms with E-state index in [0.29, 0.717) is 23.4 Å². The average Bonchev–Trinajstić information content (AvgIpc) is 3.37. The monoisotopic (exact) mass is 631 g/mol. The SMILES string of the molecule is CC(C)(C)[Si](C)(C)OCCn1ncc2c1C(C(=O)O)NCC2N(OCc1ccccc1)S(=O)(=O)c1ccc([N+](=O)[O-])cc1. The highest BCUT2D eigenvalue weighted by Gasteiger charge is 2.43. The first-order valence-electron chi connectivity index (χ1n) is 13.7. The van der Waals surface area contributed by atoms with Crippen LogP contribution >= 0.6 is 0 Å². The van der Waals surface area contributed by atoms with E-state index in [9.17, 15) is 28.4 Å². The third-order valence-corrected chi connectivity index (χ3v) is 14.2. The summed E-state index contributed by atoms with van der Waals surface area (Å²) >= 11 is 0. The van der Waals surface area contributed by atoms with Crippen molar-refractivity contribution in [2.75, 3.05) is 13.2 Å². The predicted octanol–water partition coefficient (Wildman–Crippen LogP) is 4.41. The maximum absolute atomic E-state index is 14.0. The van der Waals surface area contributed by atoms with Crippen molar-refractivity contribution in [1.82, 2.24) is 19.6 Å². The molecule has 232 valence electrons. The summed E-state index contributed by atoms with van der Waals surface area (Å²) in [7, 11) is -6.48. The number of nitrogens with one attached hydrogen (secondary N) is 1. The third-order valence-electron chi connectivity index (χ3n) is 7.92. The van der Waals surface area contributed by atoms with E-state index < -0.39 is 41.3 Å². The van der Waals surface area contributed by atoms with Gasteiger partial charge in [-0.3, -0.25) is 29.7 Å². The number of nitro groups is 1. The quantitative estimate of drug-likeness (QED) is 0.166. The molecule has 2 heterocycles. The lowest BCUT2D eigenvalue weighted by Crippen LogP contribution is -2.46. The van der Waals surface area contributed by atoms with Gasteiger partial charge in [-0.05, 0) is 35.8 Å². The van der Waals surface area contributed by atoms with E-state index in [1.54, 1.807) is 24.3 Å². The number of aromatic nitrogens is 2. The number of benzene rings is 2. The summed E-state index contributed by atoms with van der Waals surface area (Å²) in [6.07, 6.45) is 1.47. The molecule has 0 aliphatic carbocycles. The number of rotatable bonds is 12. The summed E-state index contributed by atoms with van der Waals surface area (Å²) in [5, 5.41) is 28.6. The molecule has 4 rings (SSSR count). The number of hydrogen-bond acceptors (Lipinski definition) is 9. The van der Waals surface area contributed by atoms with Gasteiger partial charge in [0.1, 0.15) is 6.04 Å². The Labute approximate surface area is 251 Å². The summed E-state index contributed by atoms with van der Waals surface area (Å²) in [6, 6.07) is 11.3. The summed E-state index contributed by atoms with van der Waals surface area (Å²) in [5.74, 6) is -1.14. The van der Waals surface area contributed by atoms with Crippen LogP contribution in [0.15, 0.2) is 65.7 Å². The number of fused-ring (bicyclic) bond motifs is 1. The minimum Gasteiger partial charge on any atom is -0.480 e. The van der Waals surface area contributed by atoms with Gasteiger partial charge in [0.25, 0.3) is 15.7 Å². The number of nitrogens with zero attached hydrogens (tertiary/aromatic N) is 4. The minimum absolute atomic E-state index is 0.0182. The van der Waals surface area contributed by atoms with E-state index in [2.05, 4.69) is 44.3 Å².